The Kier molecular flexibility index (Phi) is 3.03. The Balaban J connectivity index is 2.35. The number of aromatic amines is 1. The standard InChI is InChI=1S/C14H10BrFN2S/c1-8-2-5-12-13(6-8)18(14(19)17-12)9-3-4-11(16)10(15)7-9/h2-7H,1H3,(H,17,19). The number of fused-ring (bicyclic) bond motifs is 1. The fourth-order valence-electron chi connectivity index (χ4n) is 2.09. The van der Waals surface area contributed by atoms with Crippen LogP contribution in [0.2, 0.25) is 0 Å². The third-order valence-corrected chi connectivity index (χ3v) is 3.89. The van der Waals surface area contributed by atoms with Gasteiger partial charge in [-0.3, -0.25) is 4.57 Å². The predicted octanol–water partition coefficient (Wildman–Crippen LogP) is 4.90. The summed E-state index contributed by atoms with van der Waals surface area (Å²) in [6.07, 6.45) is 0. The van der Waals surface area contributed by atoms with Gasteiger partial charge in [0.05, 0.1) is 15.5 Å². The average Bonchev–Trinajstić information content (AvgIpc) is 2.68. The summed E-state index contributed by atoms with van der Waals surface area (Å²) >= 11 is 8.55. The van der Waals surface area contributed by atoms with Gasteiger partial charge in [-0.2, -0.15) is 0 Å². The third kappa shape index (κ3) is 2.13. The maximum Gasteiger partial charge on any atom is 0.182 e. The lowest BCUT2D eigenvalue weighted by molar-refractivity contribution is 0.620. The number of nitrogens with one attached hydrogen (secondary N) is 1. The number of aromatic nitrogens is 2. The van der Waals surface area contributed by atoms with Crippen LogP contribution in [0.1, 0.15) is 5.56 Å². The summed E-state index contributed by atoms with van der Waals surface area (Å²) in [5, 5.41) is 0. The Morgan fingerprint density at radius 2 is 2.00 bits per heavy atom. The summed E-state index contributed by atoms with van der Waals surface area (Å²) in [6.45, 7) is 2.03. The van der Waals surface area contributed by atoms with Crippen molar-refractivity contribution in [1.82, 2.24) is 9.55 Å². The molecule has 5 heteroatoms. The van der Waals surface area contributed by atoms with Crippen LogP contribution < -0.4 is 0 Å². The van der Waals surface area contributed by atoms with Crippen molar-refractivity contribution in [2.75, 3.05) is 0 Å². The third-order valence-electron chi connectivity index (χ3n) is 3.00. The Hall–Kier alpha value is -1.46. The molecular weight excluding hydrogens is 327 g/mol. The van der Waals surface area contributed by atoms with Crippen LogP contribution in [0.25, 0.3) is 16.7 Å². The second-order valence-electron chi connectivity index (χ2n) is 4.38. The SMILES string of the molecule is Cc1ccc2[nH]c(=S)n(-c3ccc(F)c(Br)c3)c2c1. The highest BCUT2D eigenvalue weighted by atomic mass is 79.9. The zero-order valence-electron chi connectivity index (χ0n) is 10.1. The highest BCUT2D eigenvalue weighted by Crippen LogP contribution is 2.24. The number of aryl methyl sites for hydroxylation is 1. The number of halogens is 2. The largest absolute Gasteiger partial charge is 0.330 e. The van der Waals surface area contributed by atoms with Crippen LogP contribution in [0, 0.1) is 17.5 Å². The molecule has 0 atom stereocenters. The van der Waals surface area contributed by atoms with E-state index in [2.05, 4.69) is 27.0 Å². The van der Waals surface area contributed by atoms with Gasteiger partial charge < -0.3 is 4.98 Å². The maximum absolute atomic E-state index is 13.3. The first-order valence-electron chi connectivity index (χ1n) is 5.73. The Labute approximate surface area is 123 Å². The average molecular weight is 337 g/mol. The van der Waals surface area contributed by atoms with Crippen LogP contribution >= 0.6 is 28.1 Å². The van der Waals surface area contributed by atoms with Crippen LogP contribution in [-0.2, 0) is 0 Å². The molecule has 3 aromatic rings. The zero-order valence-corrected chi connectivity index (χ0v) is 12.5. The van der Waals surface area contributed by atoms with Crippen molar-refractivity contribution in [3.8, 4) is 5.69 Å². The molecule has 0 unspecified atom stereocenters. The maximum atomic E-state index is 13.3. The molecule has 1 N–H and O–H groups in total. The van der Waals surface area contributed by atoms with Gasteiger partial charge in [0.15, 0.2) is 4.77 Å². The van der Waals surface area contributed by atoms with Crippen molar-refractivity contribution in [2.45, 2.75) is 6.92 Å². The monoisotopic (exact) mass is 336 g/mol. The minimum atomic E-state index is -0.286. The molecule has 0 spiro atoms. The highest BCUT2D eigenvalue weighted by molar-refractivity contribution is 9.10. The molecule has 96 valence electrons. The van der Waals surface area contributed by atoms with Gasteiger partial charge in [0.25, 0.3) is 0 Å². The molecule has 2 nitrogen and oxygen atoms in total. The van der Waals surface area contributed by atoms with E-state index < -0.39 is 0 Å². The molecule has 3 rings (SSSR count). The molecule has 0 aliphatic carbocycles. The number of rotatable bonds is 1. The fraction of sp³-hybridized carbons (Fsp3) is 0.0714. The van der Waals surface area contributed by atoms with Gasteiger partial charge in [0.1, 0.15) is 5.82 Å². The van der Waals surface area contributed by atoms with Crippen molar-refractivity contribution in [3.63, 3.8) is 0 Å². The number of hydrogen-bond donors (Lipinski definition) is 1. The number of nitrogens with zero attached hydrogens (tertiary/aromatic N) is 1. The van der Waals surface area contributed by atoms with Crippen molar-refractivity contribution in [2.24, 2.45) is 0 Å². The van der Waals surface area contributed by atoms with Crippen molar-refractivity contribution in [1.29, 1.82) is 0 Å². The van der Waals surface area contributed by atoms with Crippen molar-refractivity contribution >= 4 is 39.2 Å². The van der Waals surface area contributed by atoms with Crippen molar-refractivity contribution in [3.05, 3.63) is 57.0 Å². The molecule has 0 saturated heterocycles. The van der Waals surface area contributed by atoms with Gasteiger partial charge in [-0.25, -0.2) is 4.39 Å². The normalized spacial score (nSPS) is 11.1. The van der Waals surface area contributed by atoms with E-state index in [-0.39, 0.29) is 5.82 Å². The molecule has 0 amide bonds. The summed E-state index contributed by atoms with van der Waals surface area (Å²) in [6, 6.07) is 10.9. The molecule has 1 aromatic heterocycles. The molecule has 0 fully saturated rings. The van der Waals surface area contributed by atoms with Gasteiger partial charge in [-0.05, 0) is 71.0 Å². The van der Waals surface area contributed by atoms with Crippen molar-refractivity contribution < 1.29 is 4.39 Å². The molecule has 19 heavy (non-hydrogen) atoms. The number of benzene rings is 2. The quantitative estimate of drug-likeness (QED) is 0.627. The van der Waals surface area contributed by atoms with Gasteiger partial charge in [-0.15, -0.1) is 0 Å². The van der Waals surface area contributed by atoms with Crippen LogP contribution in [0.3, 0.4) is 0 Å². The second-order valence-corrected chi connectivity index (χ2v) is 5.63. The highest BCUT2D eigenvalue weighted by Gasteiger charge is 2.08. The minimum absolute atomic E-state index is 0.286. The van der Waals surface area contributed by atoms with Gasteiger partial charge >= 0.3 is 0 Å². The summed E-state index contributed by atoms with van der Waals surface area (Å²) < 4.78 is 16.3. The first-order valence-corrected chi connectivity index (χ1v) is 6.93. The van der Waals surface area contributed by atoms with E-state index in [9.17, 15) is 4.39 Å². The Bertz CT molecular complexity index is 835. The first-order chi connectivity index (χ1) is 9.06. The lowest BCUT2D eigenvalue weighted by atomic mass is 10.2. The fourth-order valence-corrected chi connectivity index (χ4v) is 2.77. The lowest BCUT2D eigenvalue weighted by Crippen LogP contribution is -1.95. The topological polar surface area (TPSA) is 20.7 Å². The number of hydrogen-bond acceptors (Lipinski definition) is 1. The van der Waals surface area contributed by atoms with Gasteiger partial charge in [0, 0.05) is 5.69 Å². The van der Waals surface area contributed by atoms with Crippen LogP contribution in [0.4, 0.5) is 4.39 Å². The molecule has 0 saturated carbocycles. The van der Waals surface area contributed by atoms with E-state index in [1.165, 1.54) is 6.07 Å². The summed E-state index contributed by atoms with van der Waals surface area (Å²) in [5.74, 6) is -0.286. The summed E-state index contributed by atoms with van der Waals surface area (Å²) in [4.78, 5) is 3.16. The van der Waals surface area contributed by atoms with E-state index >= 15 is 0 Å². The number of H-pyrrole nitrogens is 1. The van der Waals surface area contributed by atoms with Crippen LogP contribution in [-0.4, -0.2) is 9.55 Å². The van der Waals surface area contributed by atoms with Gasteiger partial charge in [-0.1, -0.05) is 6.07 Å². The van der Waals surface area contributed by atoms with Crippen LogP contribution in [0.15, 0.2) is 40.9 Å². The zero-order chi connectivity index (χ0) is 13.6. The molecule has 2 aromatic carbocycles. The summed E-state index contributed by atoms with van der Waals surface area (Å²) in [7, 11) is 0. The van der Waals surface area contributed by atoms with Gasteiger partial charge in [0.2, 0.25) is 0 Å². The molecular formula is C14H10BrFN2S. The van der Waals surface area contributed by atoms with E-state index in [1.807, 2.05) is 23.6 Å². The lowest BCUT2D eigenvalue weighted by Gasteiger charge is -2.06. The second kappa shape index (κ2) is 4.58. The molecule has 0 aliphatic heterocycles. The Morgan fingerprint density at radius 1 is 1.21 bits per heavy atom. The van der Waals surface area contributed by atoms with E-state index in [0.29, 0.717) is 9.24 Å². The van der Waals surface area contributed by atoms with E-state index in [4.69, 9.17) is 12.2 Å². The van der Waals surface area contributed by atoms with E-state index in [1.54, 1.807) is 12.1 Å². The predicted molar refractivity (Wildman–Crippen MR) is 80.9 cm³/mol. The minimum Gasteiger partial charge on any atom is -0.330 e. The molecule has 0 bridgehead atoms. The molecule has 0 radical (unpaired) electrons. The summed E-state index contributed by atoms with van der Waals surface area (Å²) in [5.41, 5.74) is 3.94. The molecule has 0 aliphatic rings. The number of imidazole rings is 1. The first kappa shape index (κ1) is 12.6. The van der Waals surface area contributed by atoms with E-state index in [0.717, 1.165) is 22.3 Å². The Morgan fingerprint density at radius 3 is 2.74 bits per heavy atom. The molecule has 1 heterocycles. The smallest absolute Gasteiger partial charge is 0.182 e. The van der Waals surface area contributed by atoms with Crippen LogP contribution in [0.5, 0.6) is 0 Å².